The van der Waals surface area contributed by atoms with Crippen molar-refractivity contribution in [2.45, 2.75) is 111 Å². The average molecular weight is 318 g/mol. The highest BCUT2D eigenvalue weighted by atomic mass is 14.7. The van der Waals surface area contributed by atoms with Crippen LogP contribution in [0.25, 0.3) is 0 Å². The summed E-state index contributed by atoms with van der Waals surface area (Å²) in [7, 11) is 0. The molecule has 0 aliphatic rings. The summed E-state index contributed by atoms with van der Waals surface area (Å²) in [6.07, 6.45) is 19.8. The van der Waals surface area contributed by atoms with E-state index in [2.05, 4.69) is 37.9 Å². The lowest BCUT2D eigenvalue weighted by molar-refractivity contribution is 0.539. The summed E-state index contributed by atoms with van der Waals surface area (Å²) in [6, 6.07) is 4.49. The van der Waals surface area contributed by atoms with Crippen LogP contribution in [0.4, 0.5) is 0 Å². The van der Waals surface area contributed by atoms with Crippen LogP contribution in [-0.4, -0.2) is 4.98 Å². The Balaban J connectivity index is 1.86. The first-order valence-corrected chi connectivity index (χ1v) is 10.2. The molecule has 1 rings (SSSR count). The Morgan fingerprint density at radius 1 is 0.609 bits per heavy atom. The van der Waals surface area contributed by atoms with Crippen LogP contribution >= 0.6 is 0 Å². The van der Waals surface area contributed by atoms with E-state index in [0.29, 0.717) is 0 Å². The van der Waals surface area contributed by atoms with Crippen LogP contribution in [0.3, 0.4) is 0 Å². The molecule has 0 radical (unpaired) electrons. The monoisotopic (exact) mass is 317 g/mol. The fourth-order valence-electron chi connectivity index (χ4n) is 3.41. The third-order valence-electron chi connectivity index (χ3n) is 4.71. The maximum Gasteiger partial charge on any atom is 0.0378 e. The molecule has 1 aromatic rings. The Morgan fingerprint density at radius 3 is 1.43 bits per heavy atom. The molecule has 1 aromatic heterocycles. The molecule has 1 nitrogen and oxygen atoms in total. The minimum absolute atomic E-state index is 1.16. The van der Waals surface area contributed by atoms with Gasteiger partial charge in [0.25, 0.3) is 0 Å². The highest BCUT2D eigenvalue weighted by molar-refractivity contribution is 5.20. The van der Waals surface area contributed by atoms with E-state index in [-0.39, 0.29) is 0 Å². The molecule has 0 atom stereocenters. The number of nitrogens with zero attached hydrogens (tertiary/aromatic N) is 1. The summed E-state index contributed by atoms with van der Waals surface area (Å²) in [5.74, 6) is 0. The minimum Gasteiger partial charge on any atom is -0.258 e. The molecule has 0 bridgehead atoms. The van der Waals surface area contributed by atoms with Crippen molar-refractivity contribution in [1.29, 1.82) is 0 Å². The van der Waals surface area contributed by atoms with Crippen molar-refractivity contribution in [2.75, 3.05) is 0 Å². The van der Waals surface area contributed by atoms with Crippen LogP contribution in [0.5, 0.6) is 0 Å². The summed E-state index contributed by atoms with van der Waals surface area (Å²) >= 11 is 0. The molecule has 0 aliphatic heterocycles. The second-order valence-electron chi connectivity index (χ2n) is 7.25. The van der Waals surface area contributed by atoms with Crippen molar-refractivity contribution < 1.29 is 0 Å². The number of aryl methyl sites for hydroxylation is 3. The molecule has 0 saturated heterocycles. The lowest BCUT2D eigenvalue weighted by Crippen LogP contribution is -1.92. The zero-order valence-electron chi connectivity index (χ0n) is 16.0. The third kappa shape index (κ3) is 11.3. The van der Waals surface area contributed by atoms with Gasteiger partial charge in [-0.05, 0) is 44.4 Å². The summed E-state index contributed by atoms with van der Waals surface area (Å²) in [6.45, 7) is 6.49. The Kier molecular flexibility index (Phi) is 11.9. The molecule has 0 N–H and O–H groups in total. The van der Waals surface area contributed by atoms with E-state index in [0.717, 1.165) is 11.4 Å². The van der Waals surface area contributed by atoms with E-state index in [1.807, 2.05) is 0 Å². The van der Waals surface area contributed by atoms with Crippen molar-refractivity contribution in [3.8, 4) is 0 Å². The van der Waals surface area contributed by atoms with Crippen molar-refractivity contribution in [1.82, 2.24) is 4.98 Å². The Labute approximate surface area is 145 Å². The summed E-state index contributed by atoms with van der Waals surface area (Å²) in [5.41, 5.74) is 3.79. The molecular weight excluding hydrogens is 278 g/mol. The van der Waals surface area contributed by atoms with Gasteiger partial charge in [0.05, 0.1) is 0 Å². The van der Waals surface area contributed by atoms with Crippen molar-refractivity contribution in [3.05, 3.63) is 29.1 Å². The minimum atomic E-state index is 1.16. The quantitative estimate of drug-likeness (QED) is 0.327. The van der Waals surface area contributed by atoms with E-state index >= 15 is 0 Å². The highest BCUT2D eigenvalue weighted by Crippen LogP contribution is 2.14. The SMILES string of the molecule is CCCCCCCCCCCCCCCc1cc(C)nc(C)c1. The number of rotatable bonds is 14. The van der Waals surface area contributed by atoms with Gasteiger partial charge in [0, 0.05) is 11.4 Å². The number of unbranched alkanes of at least 4 members (excludes halogenated alkanes) is 12. The molecule has 0 amide bonds. The fourth-order valence-corrected chi connectivity index (χ4v) is 3.41. The molecule has 0 saturated carbocycles. The first-order chi connectivity index (χ1) is 11.2. The first-order valence-electron chi connectivity index (χ1n) is 10.2. The zero-order valence-corrected chi connectivity index (χ0v) is 16.0. The van der Waals surface area contributed by atoms with Crippen LogP contribution in [-0.2, 0) is 6.42 Å². The van der Waals surface area contributed by atoms with Gasteiger partial charge in [-0.15, -0.1) is 0 Å². The van der Waals surface area contributed by atoms with Crippen molar-refractivity contribution in [3.63, 3.8) is 0 Å². The van der Waals surface area contributed by atoms with Gasteiger partial charge in [-0.25, -0.2) is 0 Å². The fraction of sp³-hybridized carbons (Fsp3) is 0.773. The normalized spacial score (nSPS) is 11.1. The lowest BCUT2D eigenvalue weighted by Gasteiger charge is -2.05. The molecule has 0 spiro atoms. The number of aromatic nitrogens is 1. The Bertz CT molecular complexity index is 377. The van der Waals surface area contributed by atoms with Gasteiger partial charge in [-0.1, -0.05) is 84.0 Å². The van der Waals surface area contributed by atoms with E-state index in [9.17, 15) is 0 Å². The van der Waals surface area contributed by atoms with Gasteiger partial charge >= 0.3 is 0 Å². The zero-order chi connectivity index (χ0) is 16.8. The molecule has 1 heterocycles. The van der Waals surface area contributed by atoms with Crippen LogP contribution in [0.1, 0.15) is 107 Å². The summed E-state index contributed by atoms with van der Waals surface area (Å²) < 4.78 is 0. The van der Waals surface area contributed by atoms with Gasteiger partial charge in [-0.2, -0.15) is 0 Å². The topological polar surface area (TPSA) is 12.9 Å². The summed E-state index contributed by atoms with van der Waals surface area (Å²) in [4.78, 5) is 4.45. The Morgan fingerprint density at radius 2 is 1.00 bits per heavy atom. The first kappa shape index (κ1) is 20.2. The Hall–Kier alpha value is -0.850. The second-order valence-corrected chi connectivity index (χ2v) is 7.25. The van der Waals surface area contributed by atoms with Gasteiger partial charge in [0.1, 0.15) is 0 Å². The van der Waals surface area contributed by atoms with Crippen LogP contribution < -0.4 is 0 Å². The third-order valence-corrected chi connectivity index (χ3v) is 4.71. The van der Waals surface area contributed by atoms with Gasteiger partial charge in [0.2, 0.25) is 0 Å². The molecule has 1 heteroatoms. The van der Waals surface area contributed by atoms with Crippen molar-refractivity contribution in [2.24, 2.45) is 0 Å². The second kappa shape index (κ2) is 13.6. The van der Waals surface area contributed by atoms with Crippen molar-refractivity contribution >= 4 is 0 Å². The van der Waals surface area contributed by atoms with E-state index < -0.39 is 0 Å². The van der Waals surface area contributed by atoms with E-state index in [4.69, 9.17) is 0 Å². The largest absolute Gasteiger partial charge is 0.258 e. The van der Waals surface area contributed by atoms with Gasteiger partial charge < -0.3 is 0 Å². The molecule has 132 valence electrons. The average Bonchev–Trinajstić information content (AvgIpc) is 2.51. The maximum absolute atomic E-state index is 4.45. The number of hydrogen-bond acceptors (Lipinski definition) is 1. The molecule has 0 fully saturated rings. The van der Waals surface area contributed by atoms with Crippen LogP contribution in [0.2, 0.25) is 0 Å². The maximum atomic E-state index is 4.45. The highest BCUT2D eigenvalue weighted by Gasteiger charge is 1.98. The number of pyridine rings is 1. The predicted octanol–water partition coefficient (Wildman–Crippen LogP) is 7.33. The van der Waals surface area contributed by atoms with E-state index in [1.165, 1.54) is 95.5 Å². The molecule has 0 unspecified atom stereocenters. The predicted molar refractivity (Wildman–Crippen MR) is 103 cm³/mol. The molecule has 0 aliphatic carbocycles. The molecule has 23 heavy (non-hydrogen) atoms. The standard InChI is InChI=1S/C22H39N/c1-4-5-6-7-8-9-10-11-12-13-14-15-16-17-22-18-20(2)23-21(3)19-22/h18-19H,4-17H2,1-3H3. The smallest absolute Gasteiger partial charge is 0.0378 e. The lowest BCUT2D eigenvalue weighted by atomic mass is 10.0. The van der Waals surface area contributed by atoms with Crippen LogP contribution in [0, 0.1) is 13.8 Å². The van der Waals surface area contributed by atoms with E-state index in [1.54, 1.807) is 0 Å². The number of hydrogen-bond donors (Lipinski definition) is 0. The summed E-state index contributed by atoms with van der Waals surface area (Å²) in [5, 5.41) is 0. The molecular formula is C22H39N. The van der Waals surface area contributed by atoms with Gasteiger partial charge in [-0.3, -0.25) is 4.98 Å². The molecule has 0 aromatic carbocycles. The van der Waals surface area contributed by atoms with Gasteiger partial charge in [0.15, 0.2) is 0 Å². The van der Waals surface area contributed by atoms with Crippen LogP contribution in [0.15, 0.2) is 12.1 Å².